The van der Waals surface area contributed by atoms with E-state index in [0.29, 0.717) is 11.7 Å². The Morgan fingerprint density at radius 1 is 1.35 bits per heavy atom. The molecule has 3 rings (SSSR count). The van der Waals surface area contributed by atoms with Crippen molar-refractivity contribution in [2.24, 2.45) is 0 Å². The van der Waals surface area contributed by atoms with E-state index in [0.717, 1.165) is 51.3 Å². The van der Waals surface area contributed by atoms with Crippen molar-refractivity contribution in [3.8, 4) is 0 Å². The van der Waals surface area contributed by atoms with E-state index in [4.69, 9.17) is 0 Å². The minimum Gasteiger partial charge on any atom is -0.356 e. The molecule has 0 spiro atoms. The van der Waals surface area contributed by atoms with Crippen LogP contribution in [0.4, 0.5) is 5.95 Å². The van der Waals surface area contributed by atoms with Crippen LogP contribution in [-0.2, 0) is 6.54 Å². The van der Waals surface area contributed by atoms with Crippen LogP contribution in [0.25, 0.3) is 0 Å². The summed E-state index contributed by atoms with van der Waals surface area (Å²) in [7, 11) is 0. The Labute approximate surface area is 120 Å². The predicted molar refractivity (Wildman–Crippen MR) is 78.9 cm³/mol. The number of anilines is 1. The van der Waals surface area contributed by atoms with E-state index < -0.39 is 0 Å². The molecule has 5 nitrogen and oxygen atoms in total. The third-order valence-corrected chi connectivity index (χ3v) is 4.46. The van der Waals surface area contributed by atoms with Gasteiger partial charge in [0.2, 0.25) is 5.95 Å². The Kier molecular flexibility index (Phi) is 3.94. The summed E-state index contributed by atoms with van der Waals surface area (Å²) in [4.78, 5) is 19.3. The van der Waals surface area contributed by atoms with Gasteiger partial charge in [0.05, 0.1) is 0 Å². The summed E-state index contributed by atoms with van der Waals surface area (Å²) in [5.41, 5.74) is 0.606. The first-order valence-corrected chi connectivity index (χ1v) is 7.91. The maximum Gasteiger partial charge on any atom is 0.274 e. The first kappa shape index (κ1) is 13.5. The normalized spacial score (nSPS) is 22.9. The maximum absolute atomic E-state index is 12.8. The summed E-state index contributed by atoms with van der Waals surface area (Å²) in [6.45, 7) is 4.97. The molecule has 1 unspecified atom stereocenters. The summed E-state index contributed by atoms with van der Waals surface area (Å²) in [5.74, 6) is 0.963. The quantitative estimate of drug-likeness (QED) is 0.903. The fourth-order valence-corrected chi connectivity index (χ4v) is 3.30. The Hall–Kier alpha value is -1.52. The zero-order valence-corrected chi connectivity index (χ0v) is 12.3. The third-order valence-electron chi connectivity index (χ3n) is 4.46. The average Bonchev–Trinajstić information content (AvgIpc) is 2.77. The summed E-state index contributed by atoms with van der Waals surface area (Å²) in [6, 6.07) is 0.386. The van der Waals surface area contributed by atoms with Crippen LogP contribution < -0.4 is 5.32 Å². The predicted octanol–water partition coefficient (Wildman–Crippen LogP) is 2.49. The van der Waals surface area contributed by atoms with Gasteiger partial charge in [0, 0.05) is 31.9 Å². The van der Waals surface area contributed by atoms with Crippen LogP contribution in [0.15, 0.2) is 6.20 Å². The number of likely N-dealkylation sites (tertiary alicyclic amines) is 1. The fourth-order valence-electron chi connectivity index (χ4n) is 3.30. The van der Waals surface area contributed by atoms with Crippen LogP contribution in [0.1, 0.15) is 55.9 Å². The van der Waals surface area contributed by atoms with E-state index in [9.17, 15) is 4.79 Å². The van der Waals surface area contributed by atoms with Gasteiger partial charge in [-0.25, -0.2) is 4.98 Å². The maximum atomic E-state index is 12.8. The molecular formula is C15H24N4O. The summed E-state index contributed by atoms with van der Waals surface area (Å²) in [6.07, 6.45) is 8.78. The Morgan fingerprint density at radius 3 is 3.05 bits per heavy atom. The Morgan fingerprint density at radius 2 is 2.25 bits per heavy atom. The van der Waals surface area contributed by atoms with Crippen molar-refractivity contribution in [3.05, 3.63) is 11.9 Å². The van der Waals surface area contributed by atoms with Crippen LogP contribution in [0.3, 0.4) is 0 Å². The molecule has 2 aliphatic rings. The van der Waals surface area contributed by atoms with Crippen molar-refractivity contribution >= 4 is 11.9 Å². The monoisotopic (exact) mass is 276 g/mol. The Balaban J connectivity index is 1.81. The van der Waals surface area contributed by atoms with Crippen LogP contribution in [0.5, 0.6) is 0 Å². The van der Waals surface area contributed by atoms with E-state index >= 15 is 0 Å². The largest absolute Gasteiger partial charge is 0.356 e. The molecule has 0 aromatic carbocycles. The Bertz CT molecular complexity index is 459. The van der Waals surface area contributed by atoms with E-state index in [1.165, 1.54) is 12.8 Å². The number of carbonyl (C=O) groups excluding carboxylic acids is 1. The summed E-state index contributed by atoms with van der Waals surface area (Å²) < 4.78 is 2.06. The molecule has 1 amide bonds. The number of hydrogen-bond donors (Lipinski definition) is 1. The second kappa shape index (κ2) is 5.85. The number of nitrogens with one attached hydrogen (secondary N) is 1. The van der Waals surface area contributed by atoms with Crippen LogP contribution in [-0.4, -0.2) is 39.5 Å². The molecule has 0 saturated carbocycles. The zero-order valence-electron chi connectivity index (χ0n) is 12.3. The van der Waals surface area contributed by atoms with Crippen molar-refractivity contribution in [2.45, 2.75) is 58.0 Å². The standard InChI is InChI=1S/C15H24N4O/c1-2-12-7-4-3-5-10-19(12)14(20)13-11-18-9-6-8-16-15(18)17-13/h11-12H,2-10H2,1H3,(H,16,17). The number of hydrogen-bond acceptors (Lipinski definition) is 3. The lowest BCUT2D eigenvalue weighted by Crippen LogP contribution is -2.39. The number of aryl methyl sites for hydroxylation is 1. The number of nitrogens with zero attached hydrogens (tertiary/aromatic N) is 3. The van der Waals surface area contributed by atoms with Gasteiger partial charge in [0.15, 0.2) is 0 Å². The smallest absolute Gasteiger partial charge is 0.274 e. The van der Waals surface area contributed by atoms with Crippen LogP contribution in [0, 0.1) is 0 Å². The molecule has 1 aromatic rings. The van der Waals surface area contributed by atoms with Crippen molar-refractivity contribution in [2.75, 3.05) is 18.4 Å². The summed E-state index contributed by atoms with van der Waals surface area (Å²) in [5, 5.41) is 3.26. The van der Waals surface area contributed by atoms with Gasteiger partial charge in [0.25, 0.3) is 5.91 Å². The minimum atomic E-state index is 0.113. The molecule has 0 bridgehead atoms. The van der Waals surface area contributed by atoms with Crippen LogP contribution in [0.2, 0.25) is 0 Å². The zero-order chi connectivity index (χ0) is 13.9. The average molecular weight is 276 g/mol. The van der Waals surface area contributed by atoms with E-state index in [-0.39, 0.29) is 5.91 Å². The molecule has 1 aromatic heterocycles. The molecule has 3 heterocycles. The molecular weight excluding hydrogens is 252 g/mol. The second-order valence-electron chi connectivity index (χ2n) is 5.83. The van der Waals surface area contributed by atoms with Gasteiger partial charge in [-0.3, -0.25) is 4.79 Å². The van der Waals surface area contributed by atoms with Crippen molar-refractivity contribution in [1.82, 2.24) is 14.5 Å². The molecule has 0 radical (unpaired) electrons. The van der Waals surface area contributed by atoms with Crippen molar-refractivity contribution in [3.63, 3.8) is 0 Å². The van der Waals surface area contributed by atoms with Gasteiger partial charge >= 0.3 is 0 Å². The molecule has 2 aliphatic heterocycles. The third kappa shape index (κ3) is 2.53. The molecule has 110 valence electrons. The van der Waals surface area contributed by atoms with Gasteiger partial charge in [-0.05, 0) is 25.7 Å². The topological polar surface area (TPSA) is 50.2 Å². The molecule has 1 saturated heterocycles. The second-order valence-corrected chi connectivity index (χ2v) is 5.83. The van der Waals surface area contributed by atoms with Gasteiger partial charge in [-0.2, -0.15) is 0 Å². The molecule has 0 aliphatic carbocycles. The number of rotatable bonds is 2. The number of carbonyl (C=O) groups is 1. The highest BCUT2D eigenvalue weighted by Crippen LogP contribution is 2.22. The summed E-state index contributed by atoms with van der Waals surface area (Å²) >= 11 is 0. The molecule has 1 fully saturated rings. The lowest BCUT2D eigenvalue weighted by molar-refractivity contribution is 0.0672. The molecule has 20 heavy (non-hydrogen) atoms. The van der Waals surface area contributed by atoms with Crippen LogP contribution >= 0.6 is 0 Å². The van der Waals surface area contributed by atoms with E-state index in [1.807, 2.05) is 6.20 Å². The number of amides is 1. The van der Waals surface area contributed by atoms with E-state index in [1.54, 1.807) is 0 Å². The first-order valence-electron chi connectivity index (χ1n) is 7.91. The fraction of sp³-hybridized carbons (Fsp3) is 0.733. The number of aromatic nitrogens is 2. The number of fused-ring (bicyclic) bond motifs is 1. The number of imidazole rings is 1. The van der Waals surface area contributed by atoms with Gasteiger partial charge in [0.1, 0.15) is 5.69 Å². The van der Waals surface area contributed by atoms with Crippen molar-refractivity contribution < 1.29 is 4.79 Å². The van der Waals surface area contributed by atoms with Gasteiger partial charge in [-0.15, -0.1) is 0 Å². The molecule has 5 heteroatoms. The minimum absolute atomic E-state index is 0.113. The lowest BCUT2D eigenvalue weighted by Gasteiger charge is -2.28. The van der Waals surface area contributed by atoms with Crippen molar-refractivity contribution in [1.29, 1.82) is 0 Å². The molecule has 1 atom stereocenters. The highest BCUT2D eigenvalue weighted by molar-refractivity contribution is 5.93. The highest BCUT2D eigenvalue weighted by atomic mass is 16.2. The lowest BCUT2D eigenvalue weighted by atomic mass is 10.1. The van der Waals surface area contributed by atoms with E-state index in [2.05, 4.69) is 26.7 Å². The highest BCUT2D eigenvalue weighted by Gasteiger charge is 2.27. The SMILES string of the molecule is CCC1CCCCCN1C(=O)c1cn2c(n1)NCCC2. The van der Waals surface area contributed by atoms with Gasteiger partial charge < -0.3 is 14.8 Å². The first-order chi connectivity index (χ1) is 9.79. The van der Waals surface area contributed by atoms with Gasteiger partial charge in [-0.1, -0.05) is 19.8 Å². The molecule has 1 N–H and O–H groups in total.